The molecule has 3 aliphatic carbocycles. The third-order valence-electron chi connectivity index (χ3n) is 8.64. The van der Waals surface area contributed by atoms with E-state index in [9.17, 15) is 14.7 Å². The summed E-state index contributed by atoms with van der Waals surface area (Å²) in [5.74, 6) is 1.45. The van der Waals surface area contributed by atoms with E-state index in [1.165, 1.54) is 51.9 Å². The first-order valence-electron chi connectivity index (χ1n) is 15.6. The van der Waals surface area contributed by atoms with Gasteiger partial charge in [-0.1, -0.05) is 93.6 Å². The Balaban J connectivity index is 0.000000248. The van der Waals surface area contributed by atoms with Crippen molar-refractivity contribution in [3.05, 3.63) is 72.4 Å². The molecular formula is C36H48N4O3. The maximum atomic E-state index is 11.4. The Morgan fingerprint density at radius 2 is 1.56 bits per heavy atom. The summed E-state index contributed by atoms with van der Waals surface area (Å²) in [5, 5.41) is 12.8. The highest BCUT2D eigenvalue weighted by Crippen LogP contribution is 2.46. The fourth-order valence-corrected chi connectivity index (χ4v) is 6.02. The number of aromatic nitrogens is 1. The van der Waals surface area contributed by atoms with E-state index in [2.05, 4.69) is 17.2 Å². The van der Waals surface area contributed by atoms with Gasteiger partial charge in [0.25, 0.3) is 0 Å². The number of anilines is 1. The lowest BCUT2D eigenvalue weighted by molar-refractivity contribution is -0.119. The molecule has 1 aromatic heterocycles. The van der Waals surface area contributed by atoms with E-state index in [1.54, 1.807) is 11.1 Å². The predicted octanol–water partition coefficient (Wildman–Crippen LogP) is 6.90. The molecule has 7 nitrogen and oxygen atoms in total. The molecule has 2 amide bonds. The molecule has 3 saturated carbocycles. The number of amides is 2. The Kier molecular flexibility index (Phi) is 10.7. The number of rotatable bonds is 6. The Labute approximate surface area is 256 Å². The maximum absolute atomic E-state index is 11.4. The lowest BCUT2D eigenvalue weighted by atomic mass is 9.63. The molecule has 0 atom stereocenters. The summed E-state index contributed by atoms with van der Waals surface area (Å²) in [5.41, 5.74) is 10.4. The Hall–Kier alpha value is -3.55. The molecule has 0 aliphatic heterocycles. The molecule has 7 heteroatoms. The molecule has 0 radical (unpaired) electrons. The van der Waals surface area contributed by atoms with Gasteiger partial charge in [0.05, 0.1) is 5.60 Å². The third-order valence-corrected chi connectivity index (χ3v) is 8.64. The summed E-state index contributed by atoms with van der Waals surface area (Å²) < 4.78 is 0. The lowest BCUT2D eigenvalue weighted by Gasteiger charge is -2.49. The van der Waals surface area contributed by atoms with Gasteiger partial charge < -0.3 is 21.1 Å². The molecule has 0 unspecified atom stereocenters. The molecule has 3 aliphatic rings. The van der Waals surface area contributed by atoms with Crippen LogP contribution in [0.4, 0.5) is 5.82 Å². The highest BCUT2D eigenvalue weighted by atomic mass is 16.3. The zero-order valence-corrected chi connectivity index (χ0v) is 26.2. The molecule has 4 N–H and O–H groups in total. The fraction of sp³-hybridized carbons (Fsp3) is 0.472. The smallest absolute Gasteiger partial charge is 0.222 e. The van der Waals surface area contributed by atoms with Crippen LogP contribution in [0.2, 0.25) is 0 Å². The SMILES string of the molecule is CC(=O)Nc1cc(-c2ccccc2)c(-c2ccc(C3(N)CC(C)(O)C3)cc2)cn1.CC1CC1.CN(C=O)C1CCCCC1. The van der Waals surface area contributed by atoms with Crippen molar-refractivity contribution in [1.29, 1.82) is 0 Å². The van der Waals surface area contributed by atoms with Crippen LogP contribution in [0.5, 0.6) is 0 Å². The molecule has 3 fully saturated rings. The summed E-state index contributed by atoms with van der Waals surface area (Å²) in [7, 11) is 1.88. The zero-order chi connectivity index (χ0) is 31.0. The summed E-state index contributed by atoms with van der Waals surface area (Å²) >= 11 is 0. The van der Waals surface area contributed by atoms with E-state index in [1.807, 2.05) is 74.6 Å². The second kappa shape index (κ2) is 14.3. The predicted molar refractivity (Wildman–Crippen MR) is 174 cm³/mol. The van der Waals surface area contributed by atoms with E-state index < -0.39 is 11.1 Å². The van der Waals surface area contributed by atoms with Crippen LogP contribution in [0.25, 0.3) is 22.3 Å². The highest BCUT2D eigenvalue weighted by Gasteiger charge is 2.49. The van der Waals surface area contributed by atoms with Crippen molar-refractivity contribution < 1.29 is 14.7 Å². The van der Waals surface area contributed by atoms with Crippen LogP contribution in [0.15, 0.2) is 66.9 Å². The fourth-order valence-electron chi connectivity index (χ4n) is 6.02. The number of nitrogens with two attached hydrogens (primary N) is 1. The molecule has 0 spiro atoms. The van der Waals surface area contributed by atoms with Crippen molar-refractivity contribution >= 4 is 18.1 Å². The highest BCUT2D eigenvalue weighted by molar-refractivity contribution is 5.90. The number of hydrogen-bond donors (Lipinski definition) is 3. The van der Waals surface area contributed by atoms with Gasteiger partial charge in [-0.15, -0.1) is 0 Å². The van der Waals surface area contributed by atoms with Gasteiger partial charge >= 0.3 is 0 Å². The topological polar surface area (TPSA) is 109 Å². The van der Waals surface area contributed by atoms with Crippen LogP contribution in [0.3, 0.4) is 0 Å². The third kappa shape index (κ3) is 9.22. The van der Waals surface area contributed by atoms with Gasteiger partial charge in [-0.25, -0.2) is 4.98 Å². The summed E-state index contributed by atoms with van der Waals surface area (Å²) in [6.45, 7) is 5.57. The average Bonchev–Trinajstić information content (AvgIpc) is 3.79. The zero-order valence-electron chi connectivity index (χ0n) is 26.2. The van der Waals surface area contributed by atoms with Crippen LogP contribution in [-0.4, -0.2) is 46.0 Å². The van der Waals surface area contributed by atoms with Crippen molar-refractivity contribution in [1.82, 2.24) is 9.88 Å². The number of nitrogens with one attached hydrogen (secondary N) is 1. The number of benzene rings is 2. The van der Waals surface area contributed by atoms with Crippen LogP contribution < -0.4 is 11.1 Å². The molecule has 0 bridgehead atoms. The number of pyridine rings is 1. The standard InChI is InChI=1S/C24H25N3O2.C8H15NO.C4H8/c1-16(28)27-22-12-20(17-6-4-3-5-7-17)21(13-26-22)18-8-10-19(11-9-18)24(25)14-23(2,29)15-24;1-9(7-10)8-5-3-2-4-6-8;1-4-2-3-4/h3-13,29H,14-15,25H2,1-2H3,(H,26,27,28);7-8H,2-6H2,1H3;4H,2-3H2,1H3. The second-order valence-corrected chi connectivity index (χ2v) is 13.0. The number of carbonyl (C=O) groups is 2. The van der Waals surface area contributed by atoms with Crippen molar-refractivity contribution in [2.45, 2.75) is 95.7 Å². The second-order valence-electron chi connectivity index (χ2n) is 13.0. The number of carbonyl (C=O) groups excluding carboxylic acids is 2. The van der Waals surface area contributed by atoms with Gasteiger partial charge in [0, 0.05) is 37.3 Å². The van der Waals surface area contributed by atoms with Crippen molar-refractivity contribution in [3.8, 4) is 22.3 Å². The van der Waals surface area contributed by atoms with Crippen LogP contribution in [0, 0.1) is 5.92 Å². The first-order chi connectivity index (χ1) is 20.5. The summed E-state index contributed by atoms with van der Waals surface area (Å²) in [6, 6.07) is 20.6. The van der Waals surface area contributed by atoms with E-state index in [4.69, 9.17) is 5.73 Å². The van der Waals surface area contributed by atoms with Gasteiger partial charge in [-0.3, -0.25) is 9.59 Å². The van der Waals surface area contributed by atoms with E-state index in [0.29, 0.717) is 24.7 Å². The van der Waals surface area contributed by atoms with Gasteiger partial charge in [-0.05, 0) is 66.8 Å². The van der Waals surface area contributed by atoms with Crippen LogP contribution in [-0.2, 0) is 15.1 Å². The minimum absolute atomic E-state index is 0.154. The van der Waals surface area contributed by atoms with Crippen molar-refractivity contribution in [3.63, 3.8) is 0 Å². The minimum Gasteiger partial charge on any atom is -0.390 e. The van der Waals surface area contributed by atoms with E-state index in [0.717, 1.165) is 40.1 Å². The van der Waals surface area contributed by atoms with Crippen LogP contribution in [0.1, 0.15) is 84.1 Å². The monoisotopic (exact) mass is 584 g/mol. The molecular weight excluding hydrogens is 536 g/mol. The number of nitrogens with zero attached hydrogens (tertiary/aromatic N) is 2. The first-order valence-corrected chi connectivity index (χ1v) is 15.6. The van der Waals surface area contributed by atoms with E-state index >= 15 is 0 Å². The van der Waals surface area contributed by atoms with Gasteiger partial charge in [0.2, 0.25) is 12.3 Å². The number of hydrogen-bond acceptors (Lipinski definition) is 5. The molecule has 0 saturated heterocycles. The normalized spacial score (nSPS) is 22.9. The summed E-state index contributed by atoms with van der Waals surface area (Å²) in [6.07, 6.45) is 13.2. The molecule has 6 rings (SSSR count). The van der Waals surface area contributed by atoms with Gasteiger partial charge in [0.1, 0.15) is 5.82 Å². The molecule has 43 heavy (non-hydrogen) atoms. The maximum Gasteiger partial charge on any atom is 0.222 e. The Bertz CT molecular complexity index is 1340. The largest absolute Gasteiger partial charge is 0.390 e. The minimum atomic E-state index is -0.683. The Morgan fingerprint density at radius 3 is 2.07 bits per heavy atom. The van der Waals surface area contributed by atoms with E-state index in [-0.39, 0.29) is 5.91 Å². The quantitative estimate of drug-likeness (QED) is 0.273. The van der Waals surface area contributed by atoms with Crippen LogP contribution >= 0.6 is 0 Å². The summed E-state index contributed by atoms with van der Waals surface area (Å²) in [4.78, 5) is 28.0. The molecule has 3 aromatic rings. The molecule has 230 valence electrons. The van der Waals surface area contributed by atoms with Crippen molar-refractivity contribution in [2.24, 2.45) is 11.7 Å². The van der Waals surface area contributed by atoms with Gasteiger partial charge in [-0.2, -0.15) is 0 Å². The number of aliphatic hydroxyl groups is 1. The Morgan fingerprint density at radius 1 is 0.977 bits per heavy atom. The first kappa shape index (κ1) is 32.4. The van der Waals surface area contributed by atoms with Gasteiger partial charge in [0.15, 0.2) is 0 Å². The lowest BCUT2D eigenvalue weighted by Crippen LogP contribution is -2.58. The van der Waals surface area contributed by atoms with Crippen molar-refractivity contribution in [2.75, 3.05) is 12.4 Å². The molecule has 2 aromatic carbocycles. The molecule has 1 heterocycles. The average molecular weight is 585 g/mol.